The fourth-order valence-corrected chi connectivity index (χ4v) is 3.74. The number of hydrogen-bond acceptors (Lipinski definition) is 7. The lowest BCUT2D eigenvalue weighted by molar-refractivity contribution is -0.133. The van der Waals surface area contributed by atoms with Gasteiger partial charge in [0.1, 0.15) is 5.75 Å². The molecule has 0 amide bonds. The monoisotopic (exact) mass is 396 g/mol. The Morgan fingerprint density at radius 2 is 2.00 bits per heavy atom. The van der Waals surface area contributed by atoms with E-state index in [4.69, 9.17) is 9.84 Å². The number of carboxylic acids is 1. The van der Waals surface area contributed by atoms with Gasteiger partial charge < -0.3 is 15.2 Å². The number of methoxy groups -OCH3 is 1. The second-order valence-electron chi connectivity index (χ2n) is 6.01. The number of aromatic nitrogens is 3. The SMILES string of the molecule is COc1ccc(-c2nn3c(nc2=O)-c2ccccc2N[C@H]3SCC(=O)O)cc1. The lowest BCUT2D eigenvalue weighted by Crippen LogP contribution is -2.30. The van der Waals surface area contributed by atoms with Gasteiger partial charge >= 0.3 is 5.97 Å². The minimum absolute atomic E-state index is 0.120. The van der Waals surface area contributed by atoms with Gasteiger partial charge in [-0.15, -0.1) is 11.8 Å². The van der Waals surface area contributed by atoms with Crippen LogP contribution >= 0.6 is 11.8 Å². The van der Waals surface area contributed by atoms with Crippen LogP contribution in [0.25, 0.3) is 22.6 Å². The number of carboxylic acid groups (broad SMARTS) is 1. The average Bonchev–Trinajstić information content (AvgIpc) is 2.71. The van der Waals surface area contributed by atoms with E-state index in [9.17, 15) is 9.59 Å². The molecule has 2 N–H and O–H groups in total. The summed E-state index contributed by atoms with van der Waals surface area (Å²) in [5.41, 5.74) is 1.35. The van der Waals surface area contributed by atoms with Gasteiger partial charge in [-0.3, -0.25) is 9.59 Å². The van der Waals surface area contributed by atoms with E-state index in [2.05, 4.69) is 15.4 Å². The number of carbonyl (C=O) groups is 1. The minimum Gasteiger partial charge on any atom is -0.497 e. The fourth-order valence-electron chi connectivity index (χ4n) is 2.94. The van der Waals surface area contributed by atoms with Crippen LogP contribution in [-0.2, 0) is 4.79 Å². The summed E-state index contributed by atoms with van der Waals surface area (Å²) in [5.74, 6) is 0.0154. The maximum atomic E-state index is 12.7. The van der Waals surface area contributed by atoms with Gasteiger partial charge in [0, 0.05) is 16.8 Å². The van der Waals surface area contributed by atoms with Gasteiger partial charge in [0.25, 0.3) is 5.56 Å². The van der Waals surface area contributed by atoms with Crippen LogP contribution in [0.5, 0.6) is 5.75 Å². The number of rotatable bonds is 5. The highest BCUT2D eigenvalue weighted by molar-refractivity contribution is 8.00. The third kappa shape index (κ3) is 3.31. The Morgan fingerprint density at radius 1 is 1.25 bits per heavy atom. The molecule has 1 atom stereocenters. The van der Waals surface area contributed by atoms with Crippen molar-refractivity contribution in [3.05, 3.63) is 58.9 Å². The van der Waals surface area contributed by atoms with Crippen LogP contribution in [0.3, 0.4) is 0 Å². The number of nitrogens with one attached hydrogen (secondary N) is 1. The van der Waals surface area contributed by atoms with E-state index in [1.165, 1.54) is 0 Å². The van der Waals surface area contributed by atoms with Crippen molar-refractivity contribution in [2.24, 2.45) is 0 Å². The first kappa shape index (κ1) is 18.1. The van der Waals surface area contributed by atoms with Crippen LogP contribution in [0.2, 0.25) is 0 Å². The standard InChI is InChI=1S/C19H16N4O4S/c1-27-12-8-6-11(7-9-12)16-18(26)21-17-13-4-2-3-5-14(13)20-19(23(17)22-16)28-10-15(24)25/h2-9,19-20H,10H2,1H3,(H,24,25)/t19-/m1/s1. The maximum absolute atomic E-state index is 12.7. The number of nitrogens with zero attached hydrogens (tertiary/aromatic N) is 3. The highest BCUT2D eigenvalue weighted by Crippen LogP contribution is 2.38. The summed E-state index contributed by atoms with van der Waals surface area (Å²) in [4.78, 5) is 28.0. The van der Waals surface area contributed by atoms with Crippen molar-refractivity contribution in [1.82, 2.24) is 14.8 Å². The third-order valence-corrected chi connectivity index (χ3v) is 5.28. The van der Waals surface area contributed by atoms with Crippen molar-refractivity contribution in [1.29, 1.82) is 0 Å². The van der Waals surface area contributed by atoms with Crippen LogP contribution < -0.4 is 15.6 Å². The highest BCUT2D eigenvalue weighted by Gasteiger charge is 2.27. The molecule has 0 fully saturated rings. The summed E-state index contributed by atoms with van der Waals surface area (Å²) in [6.07, 6.45) is 0. The second kappa shape index (κ2) is 7.35. The Hall–Kier alpha value is -3.33. The van der Waals surface area contributed by atoms with Crippen LogP contribution in [0.4, 0.5) is 5.69 Å². The Bertz CT molecular complexity index is 1100. The van der Waals surface area contributed by atoms with Gasteiger partial charge in [0.15, 0.2) is 17.0 Å². The molecule has 8 nitrogen and oxygen atoms in total. The van der Waals surface area contributed by atoms with Gasteiger partial charge in [-0.1, -0.05) is 12.1 Å². The number of thioether (sulfide) groups is 1. The van der Waals surface area contributed by atoms with Crippen LogP contribution in [0.15, 0.2) is 53.3 Å². The largest absolute Gasteiger partial charge is 0.497 e. The fraction of sp³-hybridized carbons (Fsp3) is 0.158. The topological polar surface area (TPSA) is 106 Å². The molecular weight excluding hydrogens is 380 g/mol. The Balaban J connectivity index is 1.84. The van der Waals surface area contributed by atoms with E-state index in [1.807, 2.05) is 24.3 Å². The molecule has 0 aliphatic carbocycles. The molecule has 0 saturated heterocycles. The molecule has 0 bridgehead atoms. The summed E-state index contributed by atoms with van der Waals surface area (Å²) >= 11 is 1.16. The third-order valence-electron chi connectivity index (χ3n) is 4.23. The molecule has 9 heteroatoms. The van der Waals surface area contributed by atoms with Crippen LogP contribution in [0.1, 0.15) is 5.50 Å². The molecule has 3 aromatic rings. The molecule has 28 heavy (non-hydrogen) atoms. The van der Waals surface area contributed by atoms with Crippen molar-refractivity contribution in [3.8, 4) is 28.4 Å². The molecule has 0 spiro atoms. The molecule has 4 rings (SSSR count). The van der Waals surface area contributed by atoms with Gasteiger partial charge in [0.05, 0.1) is 12.9 Å². The number of ether oxygens (including phenoxy) is 1. The molecule has 142 valence electrons. The zero-order valence-electron chi connectivity index (χ0n) is 14.8. The number of hydrogen-bond donors (Lipinski definition) is 2. The number of para-hydroxylation sites is 1. The van der Waals surface area contributed by atoms with Crippen LogP contribution in [-0.4, -0.2) is 38.7 Å². The second-order valence-corrected chi connectivity index (χ2v) is 7.08. The Labute approximate surface area is 164 Å². The number of anilines is 1. The minimum atomic E-state index is -0.934. The first-order valence-corrected chi connectivity index (χ1v) is 9.46. The molecule has 1 aliphatic heterocycles. The van der Waals surface area contributed by atoms with Gasteiger partial charge in [0.2, 0.25) is 0 Å². The molecular formula is C19H16N4O4S. The lowest BCUT2D eigenvalue weighted by atomic mass is 10.1. The summed E-state index contributed by atoms with van der Waals surface area (Å²) in [6.45, 7) is 0. The number of aliphatic carboxylic acids is 1. The molecule has 0 saturated carbocycles. The predicted octanol–water partition coefficient (Wildman–Crippen LogP) is 2.68. The molecule has 1 aromatic heterocycles. The molecule has 1 aliphatic rings. The van der Waals surface area contributed by atoms with Gasteiger partial charge in [-0.05, 0) is 36.4 Å². The maximum Gasteiger partial charge on any atom is 0.313 e. The number of fused-ring (bicyclic) bond motifs is 3. The van der Waals surface area contributed by atoms with Crippen molar-refractivity contribution < 1.29 is 14.6 Å². The quantitative estimate of drug-likeness (QED) is 0.678. The lowest BCUT2D eigenvalue weighted by Gasteiger charge is -2.29. The zero-order chi connectivity index (χ0) is 19.7. The first-order valence-electron chi connectivity index (χ1n) is 8.41. The normalized spacial score (nSPS) is 14.5. The van der Waals surface area contributed by atoms with Crippen molar-refractivity contribution in [3.63, 3.8) is 0 Å². The van der Waals surface area contributed by atoms with Crippen molar-refractivity contribution in [2.75, 3.05) is 18.2 Å². The highest BCUT2D eigenvalue weighted by atomic mass is 32.2. The van der Waals surface area contributed by atoms with E-state index in [-0.39, 0.29) is 11.4 Å². The summed E-state index contributed by atoms with van der Waals surface area (Å²) in [6, 6.07) is 14.4. The first-order chi connectivity index (χ1) is 13.6. The van der Waals surface area contributed by atoms with E-state index < -0.39 is 17.0 Å². The summed E-state index contributed by atoms with van der Waals surface area (Å²) in [7, 11) is 1.57. The molecule has 2 heterocycles. The van der Waals surface area contributed by atoms with E-state index in [0.29, 0.717) is 17.1 Å². The zero-order valence-corrected chi connectivity index (χ0v) is 15.6. The van der Waals surface area contributed by atoms with Gasteiger partial charge in [-0.2, -0.15) is 10.1 Å². The summed E-state index contributed by atoms with van der Waals surface area (Å²) in [5, 5.41) is 16.8. The Kier molecular flexibility index (Phi) is 4.74. The molecule has 0 unspecified atom stereocenters. The Morgan fingerprint density at radius 3 is 2.71 bits per heavy atom. The summed E-state index contributed by atoms with van der Waals surface area (Å²) < 4.78 is 6.71. The van der Waals surface area contributed by atoms with Crippen molar-refractivity contribution in [2.45, 2.75) is 5.50 Å². The molecule has 0 radical (unpaired) electrons. The molecule has 2 aromatic carbocycles. The van der Waals surface area contributed by atoms with E-state index >= 15 is 0 Å². The van der Waals surface area contributed by atoms with Crippen LogP contribution in [0, 0.1) is 0 Å². The number of benzene rings is 2. The average molecular weight is 396 g/mol. The smallest absolute Gasteiger partial charge is 0.313 e. The van der Waals surface area contributed by atoms with E-state index in [1.54, 1.807) is 36.1 Å². The van der Waals surface area contributed by atoms with Crippen molar-refractivity contribution >= 4 is 23.4 Å². The van der Waals surface area contributed by atoms with E-state index in [0.717, 1.165) is 23.0 Å². The predicted molar refractivity (Wildman–Crippen MR) is 106 cm³/mol. The van der Waals surface area contributed by atoms with Gasteiger partial charge in [-0.25, -0.2) is 4.68 Å².